The minimum atomic E-state index is 0.817. The number of halogens is 1. The van der Waals surface area contributed by atoms with Crippen molar-refractivity contribution >= 4 is 33.2 Å². The zero-order valence-electron chi connectivity index (χ0n) is 7.60. The average Bonchev–Trinajstić information content (AvgIpc) is 2.56. The molecule has 0 fully saturated rings. The molecule has 3 heteroatoms. The molecular formula is C10H10ClNS. The summed E-state index contributed by atoms with van der Waals surface area (Å²) in [4.78, 5) is 4.53. The van der Waals surface area contributed by atoms with Crippen LogP contribution in [0.4, 0.5) is 0 Å². The Morgan fingerprint density at radius 3 is 2.85 bits per heavy atom. The van der Waals surface area contributed by atoms with E-state index in [1.54, 1.807) is 11.3 Å². The second kappa shape index (κ2) is 3.28. The normalized spacial score (nSPS) is 11.0. The van der Waals surface area contributed by atoms with E-state index in [0.29, 0.717) is 0 Å². The molecule has 0 N–H and O–H groups in total. The van der Waals surface area contributed by atoms with Crippen LogP contribution < -0.4 is 0 Å². The third kappa shape index (κ3) is 1.45. The van der Waals surface area contributed by atoms with Gasteiger partial charge in [0.2, 0.25) is 0 Å². The Bertz CT molecular complexity index is 408. The van der Waals surface area contributed by atoms with E-state index in [1.165, 1.54) is 5.56 Å². The number of nitrogens with zero attached hydrogens (tertiary/aromatic N) is 1. The van der Waals surface area contributed by atoms with Crippen molar-refractivity contribution in [2.24, 2.45) is 0 Å². The molecule has 0 aliphatic carbocycles. The highest BCUT2D eigenvalue weighted by molar-refractivity contribution is 7.19. The van der Waals surface area contributed by atoms with Crippen molar-refractivity contribution in [2.45, 2.75) is 20.3 Å². The first kappa shape index (κ1) is 8.97. The van der Waals surface area contributed by atoms with Crippen LogP contribution in [-0.2, 0) is 6.42 Å². The van der Waals surface area contributed by atoms with E-state index in [4.69, 9.17) is 11.6 Å². The Balaban J connectivity index is 2.80. The number of hydrogen-bond donors (Lipinski definition) is 0. The summed E-state index contributed by atoms with van der Waals surface area (Å²) in [5.74, 6) is 0. The number of thiazole rings is 1. The van der Waals surface area contributed by atoms with Crippen LogP contribution in [0, 0.1) is 6.92 Å². The SMILES string of the molecule is CCc1nc2c(C)ccc(Cl)c2s1. The van der Waals surface area contributed by atoms with Gasteiger partial charge in [-0.05, 0) is 25.0 Å². The molecule has 1 aromatic carbocycles. The van der Waals surface area contributed by atoms with E-state index in [0.717, 1.165) is 26.7 Å². The Labute approximate surface area is 86.4 Å². The molecule has 1 nitrogen and oxygen atoms in total. The number of rotatable bonds is 1. The zero-order valence-corrected chi connectivity index (χ0v) is 9.17. The van der Waals surface area contributed by atoms with Crippen LogP contribution in [0.2, 0.25) is 5.02 Å². The number of fused-ring (bicyclic) bond motifs is 1. The molecule has 0 spiro atoms. The van der Waals surface area contributed by atoms with E-state index in [2.05, 4.69) is 18.8 Å². The number of hydrogen-bond acceptors (Lipinski definition) is 2. The fraction of sp³-hybridized carbons (Fsp3) is 0.300. The van der Waals surface area contributed by atoms with Crippen molar-refractivity contribution in [3.63, 3.8) is 0 Å². The topological polar surface area (TPSA) is 12.9 Å². The largest absolute Gasteiger partial charge is 0.241 e. The summed E-state index contributed by atoms with van der Waals surface area (Å²) in [6.45, 7) is 4.18. The molecule has 2 aromatic rings. The Kier molecular flexibility index (Phi) is 2.26. The summed E-state index contributed by atoms with van der Waals surface area (Å²) in [7, 11) is 0. The van der Waals surface area contributed by atoms with Crippen molar-refractivity contribution in [2.75, 3.05) is 0 Å². The second-order valence-electron chi connectivity index (χ2n) is 3.00. The first-order valence-electron chi connectivity index (χ1n) is 4.27. The highest BCUT2D eigenvalue weighted by Crippen LogP contribution is 2.31. The average molecular weight is 212 g/mol. The van der Waals surface area contributed by atoms with E-state index in [1.807, 2.05) is 12.1 Å². The van der Waals surface area contributed by atoms with Gasteiger partial charge >= 0.3 is 0 Å². The second-order valence-corrected chi connectivity index (χ2v) is 4.49. The van der Waals surface area contributed by atoms with Gasteiger partial charge in [-0.2, -0.15) is 0 Å². The van der Waals surface area contributed by atoms with Crippen LogP contribution in [0.5, 0.6) is 0 Å². The van der Waals surface area contributed by atoms with Gasteiger partial charge in [0.05, 0.1) is 20.2 Å². The van der Waals surface area contributed by atoms with Gasteiger partial charge in [0.25, 0.3) is 0 Å². The van der Waals surface area contributed by atoms with Crippen molar-refractivity contribution in [1.29, 1.82) is 0 Å². The lowest BCUT2D eigenvalue weighted by Gasteiger charge is -1.94. The van der Waals surface area contributed by atoms with Gasteiger partial charge in [-0.3, -0.25) is 0 Å². The summed E-state index contributed by atoms with van der Waals surface area (Å²) in [5, 5.41) is 1.98. The molecule has 68 valence electrons. The lowest BCUT2D eigenvalue weighted by molar-refractivity contribution is 1.11. The van der Waals surface area contributed by atoms with Gasteiger partial charge in [-0.1, -0.05) is 24.6 Å². The molecule has 0 aliphatic heterocycles. The van der Waals surface area contributed by atoms with Crippen molar-refractivity contribution in [3.05, 3.63) is 27.7 Å². The number of benzene rings is 1. The lowest BCUT2D eigenvalue weighted by Crippen LogP contribution is -1.78. The summed E-state index contributed by atoms with van der Waals surface area (Å²) in [6.07, 6.45) is 0.981. The summed E-state index contributed by atoms with van der Waals surface area (Å²) < 4.78 is 1.12. The van der Waals surface area contributed by atoms with Gasteiger partial charge in [-0.15, -0.1) is 11.3 Å². The molecule has 13 heavy (non-hydrogen) atoms. The first-order valence-corrected chi connectivity index (χ1v) is 5.46. The van der Waals surface area contributed by atoms with Crippen LogP contribution in [0.1, 0.15) is 17.5 Å². The van der Waals surface area contributed by atoms with Gasteiger partial charge in [0.15, 0.2) is 0 Å². The maximum atomic E-state index is 6.07. The molecule has 0 bridgehead atoms. The molecule has 1 heterocycles. The van der Waals surface area contributed by atoms with Crippen LogP contribution in [-0.4, -0.2) is 4.98 Å². The fourth-order valence-electron chi connectivity index (χ4n) is 1.30. The molecule has 0 radical (unpaired) electrons. The van der Waals surface area contributed by atoms with Gasteiger partial charge in [0.1, 0.15) is 0 Å². The minimum Gasteiger partial charge on any atom is -0.241 e. The lowest BCUT2D eigenvalue weighted by atomic mass is 10.2. The smallest absolute Gasteiger partial charge is 0.0936 e. The summed E-state index contributed by atoms with van der Waals surface area (Å²) in [5.41, 5.74) is 2.27. The van der Waals surface area contributed by atoms with Crippen molar-refractivity contribution < 1.29 is 0 Å². The minimum absolute atomic E-state index is 0.817. The Hall–Kier alpha value is -0.600. The highest BCUT2D eigenvalue weighted by atomic mass is 35.5. The molecule has 0 atom stereocenters. The van der Waals surface area contributed by atoms with Gasteiger partial charge in [-0.25, -0.2) is 4.98 Å². The van der Waals surface area contributed by atoms with E-state index < -0.39 is 0 Å². The molecular weight excluding hydrogens is 202 g/mol. The van der Waals surface area contributed by atoms with E-state index >= 15 is 0 Å². The standard InChI is InChI=1S/C10H10ClNS/c1-3-8-12-9-6(2)4-5-7(11)10(9)13-8/h4-5H,3H2,1-2H3. The number of aromatic nitrogens is 1. The first-order chi connectivity index (χ1) is 6.22. The Morgan fingerprint density at radius 1 is 1.46 bits per heavy atom. The Morgan fingerprint density at radius 2 is 2.23 bits per heavy atom. The van der Waals surface area contributed by atoms with Crippen LogP contribution in [0.15, 0.2) is 12.1 Å². The van der Waals surface area contributed by atoms with Crippen molar-refractivity contribution in [3.8, 4) is 0 Å². The summed E-state index contributed by atoms with van der Waals surface area (Å²) in [6, 6.07) is 3.96. The molecule has 2 rings (SSSR count). The predicted octanol–water partition coefficient (Wildman–Crippen LogP) is 3.82. The van der Waals surface area contributed by atoms with E-state index in [9.17, 15) is 0 Å². The molecule has 1 aromatic heterocycles. The highest BCUT2D eigenvalue weighted by Gasteiger charge is 2.07. The van der Waals surface area contributed by atoms with Gasteiger partial charge in [0, 0.05) is 0 Å². The quantitative estimate of drug-likeness (QED) is 0.699. The summed E-state index contributed by atoms with van der Waals surface area (Å²) >= 11 is 7.76. The van der Waals surface area contributed by atoms with Crippen molar-refractivity contribution in [1.82, 2.24) is 4.98 Å². The molecule has 0 unspecified atom stereocenters. The van der Waals surface area contributed by atoms with Gasteiger partial charge < -0.3 is 0 Å². The van der Waals surface area contributed by atoms with Crippen LogP contribution >= 0.6 is 22.9 Å². The third-order valence-corrected chi connectivity index (χ3v) is 3.70. The third-order valence-electron chi connectivity index (χ3n) is 2.04. The zero-order chi connectivity index (χ0) is 9.42. The molecule has 0 amide bonds. The fourth-order valence-corrected chi connectivity index (χ4v) is 2.55. The maximum Gasteiger partial charge on any atom is 0.0936 e. The molecule has 0 saturated carbocycles. The predicted molar refractivity (Wildman–Crippen MR) is 58.7 cm³/mol. The van der Waals surface area contributed by atoms with Crippen LogP contribution in [0.3, 0.4) is 0 Å². The monoisotopic (exact) mass is 211 g/mol. The molecule has 0 saturated heterocycles. The number of aryl methyl sites for hydroxylation is 2. The van der Waals surface area contributed by atoms with E-state index in [-0.39, 0.29) is 0 Å². The van der Waals surface area contributed by atoms with Crippen LogP contribution in [0.25, 0.3) is 10.2 Å². The molecule has 0 aliphatic rings. The maximum absolute atomic E-state index is 6.07.